The first-order chi connectivity index (χ1) is 19.4. The monoisotopic (exact) mass is 577 g/mol. The fourth-order valence-electron chi connectivity index (χ4n) is 5.83. The number of hydrogen-bond donors (Lipinski definition) is 1. The molecule has 0 bridgehead atoms. The number of likely N-dealkylation sites (tertiary alicyclic amines) is 1. The van der Waals surface area contributed by atoms with E-state index in [2.05, 4.69) is 59.5 Å². The number of hydrogen-bond acceptors (Lipinski definition) is 6. The van der Waals surface area contributed by atoms with Crippen LogP contribution in [0.1, 0.15) is 35.2 Å². The summed E-state index contributed by atoms with van der Waals surface area (Å²) >= 11 is 8.52. The zero-order valence-electron chi connectivity index (χ0n) is 23.1. The first-order valence-electron chi connectivity index (χ1n) is 14.0. The second-order valence-electron chi connectivity index (χ2n) is 11.3. The van der Waals surface area contributed by atoms with Gasteiger partial charge in [-0.2, -0.15) is 11.8 Å². The van der Waals surface area contributed by atoms with Crippen molar-refractivity contribution in [3.8, 4) is 5.75 Å². The van der Waals surface area contributed by atoms with Gasteiger partial charge in [-0.3, -0.25) is 9.69 Å². The summed E-state index contributed by atoms with van der Waals surface area (Å²) in [4.78, 5) is 17.6. The van der Waals surface area contributed by atoms with E-state index in [1.165, 1.54) is 10.9 Å². The number of furan rings is 1. The fraction of sp³-hybridized carbons (Fsp3) is 0.406. The van der Waals surface area contributed by atoms with Crippen LogP contribution in [0.2, 0.25) is 5.02 Å². The van der Waals surface area contributed by atoms with E-state index in [-0.39, 0.29) is 17.6 Å². The van der Waals surface area contributed by atoms with Gasteiger partial charge < -0.3 is 19.4 Å². The van der Waals surface area contributed by atoms with Gasteiger partial charge in [-0.1, -0.05) is 35.9 Å². The van der Waals surface area contributed by atoms with Crippen LogP contribution >= 0.6 is 23.4 Å². The molecule has 1 unspecified atom stereocenters. The van der Waals surface area contributed by atoms with Gasteiger partial charge in [-0.15, -0.1) is 0 Å². The lowest BCUT2D eigenvalue weighted by molar-refractivity contribution is 0.0913. The number of ether oxygens (including phenoxy) is 1. The van der Waals surface area contributed by atoms with Crippen LogP contribution in [-0.4, -0.2) is 72.6 Å². The Hall–Kier alpha value is -2.71. The van der Waals surface area contributed by atoms with E-state index in [1.54, 1.807) is 6.07 Å². The summed E-state index contributed by atoms with van der Waals surface area (Å²) in [7, 11) is 4.18. The third-order valence-electron chi connectivity index (χ3n) is 8.48. The third-order valence-corrected chi connectivity index (χ3v) is 10.0. The summed E-state index contributed by atoms with van der Waals surface area (Å²) in [6.07, 6.45) is 3.04. The topological polar surface area (TPSA) is 58.0 Å². The Morgan fingerprint density at radius 1 is 1.10 bits per heavy atom. The Morgan fingerprint density at radius 3 is 2.65 bits per heavy atom. The molecule has 210 valence electrons. The molecule has 1 N–H and O–H groups in total. The molecular formula is C32H36ClN3O3S. The minimum Gasteiger partial charge on any atom is -0.489 e. The van der Waals surface area contributed by atoms with E-state index in [9.17, 15) is 4.79 Å². The first-order valence-corrected chi connectivity index (χ1v) is 15.6. The van der Waals surface area contributed by atoms with Crippen LogP contribution < -0.4 is 10.1 Å². The average molecular weight is 578 g/mol. The summed E-state index contributed by atoms with van der Waals surface area (Å²) in [5.41, 5.74) is 3.74. The number of thioether (sulfide) groups is 1. The molecule has 0 aliphatic carbocycles. The highest BCUT2D eigenvalue weighted by Crippen LogP contribution is 2.33. The molecule has 3 aromatic carbocycles. The van der Waals surface area contributed by atoms with Gasteiger partial charge in [0.1, 0.15) is 23.0 Å². The predicted octanol–water partition coefficient (Wildman–Crippen LogP) is 6.45. The Kier molecular flexibility index (Phi) is 8.00. The second-order valence-corrected chi connectivity index (χ2v) is 12.8. The van der Waals surface area contributed by atoms with Crippen LogP contribution in [0.5, 0.6) is 5.75 Å². The van der Waals surface area contributed by atoms with Crippen molar-refractivity contribution in [2.45, 2.75) is 37.5 Å². The number of nitrogens with one attached hydrogen (secondary N) is 1. The lowest BCUT2D eigenvalue weighted by Crippen LogP contribution is -2.53. The van der Waals surface area contributed by atoms with E-state index in [4.69, 9.17) is 20.8 Å². The molecule has 8 heteroatoms. The standard InChI is InChI=1S/C32H36ClN3O3S/c1-35(2)32(13-16-40-21-32)20-34-31(37)23-8-10-30(27(33)18-23)38-24-11-14-36(15-12-24)19-22-7-9-29-26(17-22)25-5-3-4-6-28(25)39-29/h3-10,17-18,24H,11-16,19-21H2,1-2H3,(H,34,37). The van der Waals surface area contributed by atoms with Crippen LogP contribution in [0.3, 0.4) is 0 Å². The fourth-order valence-corrected chi connectivity index (χ4v) is 7.60. The summed E-state index contributed by atoms with van der Waals surface area (Å²) in [5.74, 6) is 2.71. The highest BCUT2D eigenvalue weighted by atomic mass is 35.5. The van der Waals surface area contributed by atoms with Crippen molar-refractivity contribution in [3.63, 3.8) is 0 Å². The molecule has 0 radical (unpaired) electrons. The maximum Gasteiger partial charge on any atom is 0.251 e. The highest BCUT2D eigenvalue weighted by Gasteiger charge is 2.36. The van der Waals surface area contributed by atoms with Gasteiger partial charge in [-0.25, -0.2) is 0 Å². The lowest BCUT2D eigenvalue weighted by Gasteiger charge is -2.35. The molecule has 3 heterocycles. The molecular weight excluding hydrogens is 542 g/mol. The third kappa shape index (κ3) is 5.70. The summed E-state index contributed by atoms with van der Waals surface area (Å²) in [6.45, 7) is 3.45. The minimum absolute atomic E-state index is 0.0163. The Labute approximate surface area is 245 Å². The number of likely N-dealkylation sites (N-methyl/N-ethyl adjacent to an activating group) is 1. The van der Waals surface area contributed by atoms with Gasteiger partial charge >= 0.3 is 0 Å². The number of rotatable bonds is 8. The van der Waals surface area contributed by atoms with Crippen molar-refractivity contribution in [2.24, 2.45) is 0 Å². The Balaban J connectivity index is 1.02. The molecule has 6 rings (SSSR count). The molecule has 2 aliphatic heterocycles. The van der Waals surface area contributed by atoms with Gasteiger partial charge in [0.15, 0.2) is 0 Å². The first kappa shape index (κ1) is 27.5. The normalized spacial score (nSPS) is 20.5. The molecule has 2 aliphatic rings. The molecule has 4 aromatic rings. The maximum absolute atomic E-state index is 12.9. The summed E-state index contributed by atoms with van der Waals surface area (Å²) in [5, 5.41) is 5.95. The number of carbonyl (C=O) groups is 1. The van der Waals surface area contributed by atoms with Crippen LogP contribution in [0.4, 0.5) is 0 Å². The largest absolute Gasteiger partial charge is 0.489 e. The average Bonchev–Trinajstić information content (AvgIpc) is 3.59. The van der Waals surface area contributed by atoms with Crippen molar-refractivity contribution in [1.29, 1.82) is 0 Å². The zero-order valence-corrected chi connectivity index (χ0v) is 24.7. The van der Waals surface area contributed by atoms with E-state index in [1.807, 2.05) is 36.0 Å². The molecule has 0 spiro atoms. The second kappa shape index (κ2) is 11.6. The van der Waals surface area contributed by atoms with Crippen LogP contribution in [-0.2, 0) is 6.54 Å². The molecule has 0 saturated carbocycles. The predicted molar refractivity (Wildman–Crippen MR) is 165 cm³/mol. The number of fused-ring (bicyclic) bond motifs is 3. The highest BCUT2D eigenvalue weighted by molar-refractivity contribution is 7.99. The summed E-state index contributed by atoms with van der Waals surface area (Å²) in [6, 6.07) is 20.1. The van der Waals surface area contributed by atoms with Gasteiger partial charge in [0.25, 0.3) is 5.91 Å². The number of carbonyl (C=O) groups excluding carboxylic acids is 1. The molecule has 1 atom stereocenters. The van der Waals surface area contributed by atoms with Gasteiger partial charge in [-0.05, 0) is 81.1 Å². The quantitative estimate of drug-likeness (QED) is 0.260. The number of nitrogens with zero attached hydrogens (tertiary/aromatic N) is 2. The molecule has 1 aromatic heterocycles. The number of piperidine rings is 1. The smallest absolute Gasteiger partial charge is 0.251 e. The van der Waals surface area contributed by atoms with Crippen molar-refractivity contribution in [2.75, 3.05) is 45.2 Å². The van der Waals surface area contributed by atoms with E-state index in [0.717, 1.165) is 67.0 Å². The van der Waals surface area contributed by atoms with E-state index in [0.29, 0.717) is 22.9 Å². The van der Waals surface area contributed by atoms with Gasteiger partial charge in [0, 0.05) is 53.8 Å². The number of halogens is 1. The Morgan fingerprint density at radius 2 is 1.90 bits per heavy atom. The number of amides is 1. The van der Waals surface area contributed by atoms with E-state index >= 15 is 0 Å². The van der Waals surface area contributed by atoms with Crippen LogP contribution in [0.25, 0.3) is 21.9 Å². The van der Waals surface area contributed by atoms with Crippen molar-refractivity contribution in [1.82, 2.24) is 15.1 Å². The molecule has 2 fully saturated rings. The van der Waals surface area contributed by atoms with Crippen LogP contribution in [0.15, 0.2) is 65.1 Å². The molecule has 2 saturated heterocycles. The van der Waals surface area contributed by atoms with Crippen molar-refractivity contribution < 1.29 is 13.9 Å². The van der Waals surface area contributed by atoms with Gasteiger partial charge in [0.2, 0.25) is 0 Å². The number of benzene rings is 3. The zero-order chi connectivity index (χ0) is 27.7. The van der Waals surface area contributed by atoms with Gasteiger partial charge in [0.05, 0.1) is 5.02 Å². The molecule has 1 amide bonds. The van der Waals surface area contributed by atoms with Crippen molar-refractivity contribution in [3.05, 3.63) is 76.8 Å². The van der Waals surface area contributed by atoms with Crippen LogP contribution in [0, 0.1) is 0 Å². The minimum atomic E-state index is -0.0958. The molecule has 6 nitrogen and oxygen atoms in total. The van der Waals surface area contributed by atoms with E-state index < -0.39 is 0 Å². The maximum atomic E-state index is 12.9. The van der Waals surface area contributed by atoms with Crippen molar-refractivity contribution >= 4 is 51.2 Å². The molecule has 40 heavy (non-hydrogen) atoms. The summed E-state index contributed by atoms with van der Waals surface area (Å²) < 4.78 is 12.3. The number of para-hydroxylation sites is 1. The SMILES string of the molecule is CN(C)C1(CNC(=O)c2ccc(OC3CCN(Cc4ccc5oc6ccccc6c5c4)CC3)c(Cl)c2)CCSC1. The lowest BCUT2D eigenvalue weighted by atomic mass is 9.97. The Bertz CT molecular complexity index is 1510.